The first kappa shape index (κ1) is 18.7. The minimum atomic E-state index is -0.820. The van der Waals surface area contributed by atoms with Crippen LogP contribution in [0.5, 0.6) is 5.75 Å². The maximum atomic E-state index is 12.1. The number of ether oxygens (including phenoxy) is 1. The molecule has 2 amide bonds. The second kappa shape index (κ2) is 9.04. The van der Waals surface area contributed by atoms with E-state index in [1.54, 1.807) is 61.7 Å². The summed E-state index contributed by atoms with van der Waals surface area (Å²) in [6, 6.07) is 15.1. The molecule has 2 N–H and O–H groups in total. The Morgan fingerprint density at radius 3 is 2.46 bits per heavy atom. The molecule has 26 heavy (non-hydrogen) atoms. The lowest BCUT2D eigenvalue weighted by molar-refractivity contribution is -0.116. The van der Waals surface area contributed by atoms with Crippen molar-refractivity contribution in [2.75, 3.05) is 14.2 Å². The molecule has 0 fully saturated rings. The summed E-state index contributed by atoms with van der Waals surface area (Å²) in [5.41, 5.74) is 1.89. The number of hydrogen-bond acceptors (Lipinski definition) is 4. The highest BCUT2D eigenvalue weighted by atomic mass is 16.5. The number of benzene rings is 2. The van der Waals surface area contributed by atoms with Gasteiger partial charge in [0.1, 0.15) is 11.8 Å². The molecule has 1 atom stereocenters. The van der Waals surface area contributed by atoms with Gasteiger partial charge in [0.2, 0.25) is 5.91 Å². The molecule has 0 heterocycles. The molecule has 2 aromatic rings. The van der Waals surface area contributed by atoms with Crippen LogP contribution in [0.2, 0.25) is 0 Å². The van der Waals surface area contributed by atoms with Gasteiger partial charge in [0.25, 0.3) is 5.91 Å². The van der Waals surface area contributed by atoms with Gasteiger partial charge in [0.05, 0.1) is 13.2 Å². The second-order valence-electron chi connectivity index (χ2n) is 5.35. The number of carbonyl (C=O) groups is 2. The zero-order chi connectivity index (χ0) is 18.9. The van der Waals surface area contributed by atoms with E-state index < -0.39 is 11.9 Å². The highest BCUT2D eigenvalue weighted by molar-refractivity contribution is 5.95. The molecule has 0 bridgehead atoms. The number of nitrogens with zero attached hydrogens (tertiary/aromatic N) is 1. The Labute approximate surface area is 152 Å². The van der Waals surface area contributed by atoms with Crippen LogP contribution >= 0.6 is 0 Å². The third-order valence-corrected chi connectivity index (χ3v) is 3.69. The maximum absolute atomic E-state index is 12.1. The van der Waals surface area contributed by atoms with Gasteiger partial charge in [-0.3, -0.25) is 9.59 Å². The van der Waals surface area contributed by atoms with E-state index in [0.717, 1.165) is 5.56 Å². The molecule has 0 aliphatic carbocycles. The number of carbonyl (C=O) groups excluding carboxylic acids is 2. The molecule has 0 aliphatic rings. The number of methoxy groups -OCH3 is 1. The van der Waals surface area contributed by atoms with Crippen molar-refractivity contribution in [1.29, 1.82) is 5.26 Å². The third kappa shape index (κ3) is 4.71. The topological polar surface area (TPSA) is 91.2 Å². The minimum Gasteiger partial charge on any atom is -0.496 e. The number of hydrogen-bond donors (Lipinski definition) is 2. The van der Waals surface area contributed by atoms with E-state index in [1.165, 1.54) is 13.2 Å². The smallest absolute Gasteiger partial charge is 0.251 e. The molecule has 0 radical (unpaired) electrons. The lowest BCUT2D eigenvalue weighted by atomic mass is 10.1. The average molecular weight is 349 g/mol. The molecular formula is C20H19N3O3. The summed E-state index contributed by atoms with van der Waals surface area (Å²) >= 11 is 0. The number of rotatable bonds is 6. The Morgan fingerprint density at radius 2 is 1.85 bits per heavy atom. The van der Waals surface area contributed by atoms with Crippen molar-refractivity contribution < 1.29 is 14.3 Å². The van der Waals surface area contributed by atoms with E-state index in [-0.39, 0.29) is 5.91 Å². The molecule has 1 unspecified atom stereocenters. The Morgan fingerprint density at radius 1 is 1.15 bits per heavy atom. The fraction of sp³-hybridized carbons (Fsp3) is 0.150. The molecule has 0 spiro atoms. The van der Waals surface area contributed by atoms with E-state index in [1.807, 2.05) is 0 Å². The van der Waals surface area contributed by atoms with Gasteiger partial charge >= 0.3 is 0 Å². The molecule has 2 rings (SSSR count). The van der Waals surface area contributed by atoms with Crippen LogP contribution in [0.4, 0.5) is 0 Å². The van der Waals surface area contributed by atoms with E-state index in [0.29, 0.717) is 16.9 Å². The van der Waals surface area contributed by atoms with E-state index in [9.17, 15) is 14.9 Å². The summed E-state index contributed by atoms with van der Waals surface area (Å²) in [7, 11) is 3.07. The zero-order valence-corrected chi connectivity index (χ0v) is 14.5. The van der Waals surface area contributed by atoms with Gasteiger partial charge in [-0.2, -0.15) is 5.26 Å². The van der Waals surface area contributed by atoms with Gasteiger partial charge in [-0.15, -0.1) is 0 Å². The van der Waals surface area contributed by atoms with Crippen LogP contribution < -0.4 is 15.4 Å². The van der Waals surface area contributed by atoms with Crippen molar-refractivity contribution in [2.45, 2.75) is 6.04 Å². The van der Waals surface area contributed by atoms with E-state index in [2.05, 4.69) is 16.7 Å². The molecule has 0 aliphatic heterocycles. The molecule has 132 valence electrons. The predicted molar refractivity (Wildman–Crippen MR) is 98.4 cm³/mol. The summed E-state index contributed by atoms with van der Waals surface area (Å²) in [5, 5.41) is 14.5. The summed E-state index contributed by atoms with van der Waals surface area (Å²) in [5.74, 6) is -0.0436. The highest BCUT2D eigenvalue weighted by Gasteiger charge is 2.16. The molecule has 0 saturated heterocycles. The van der Waals surface area contributed by atoms with Gasteiger partial charge < -0.3 is 15.4 Å². The monoisotopic (exact) mass is 349 g/mol. The van der Waals surface area contributed by atoms with E-state index >= 15 is 0 Å². The van der Waals surface area contributed by atoms with Crippen molar-refractivity contribution in [3.8, 4) is 11.8 Å². The summed E-state index contributed by atoms with van der Waals surface area (Å²) in [6.45, 7) is 0. The lowest BCUT2D eigenvalue weighted by Gasteiger charge is -2.14. The predicted octanol–water partition coefficient (Wildman–Crippen LogP) is 2.45. The number of para-hydroxylation sites is 1. The third-order valence-electron chi connectivity index (χ3n) is 3.69. The van der Waals surface area contributed by atoms with Gasteiger partial charge in [0.15, 0.2) is 0 Å². The summed E-state index contributed by atoms with van der Waals surface area (Å²) < 4.78 is 5.23. The van der Waals surface area contributed by atoms with Crippen molar-refractivity contribution in [1.82, 2.24) is 10.6 Å². The standard InChI is InChI=1S/C20H19N3O3/c1-22-20(25)15-10-7-14(8-11-15)9-12-19(24)23-17(13-21)16-5-3-4-6-18(16)26-2/h3-12,17H,1-2H3,(H,22,25)(H,23,24)/b12-9+. The Balaban J connectivity index is 2.06. The number of amides is 2. The van der Waals surface area contributed by atoms with Crippen LogP contribution in [0, 0.1) is 11.3 Å². The van der Waals surface area contributed by atoms with Gasteiger partial charge in [-0.25, -0.2) is 0 Å². The first-order chi connectivity index (χ1) is 12.6. The van der Waals surface area contributed by atoms with Crippen LogP contribution in [0.25, 0.3) is 6.08 Å². The van der Waals surface area contributed by atoms with Gasteiger partial charge in [-0.1, -0.05) is 30.3 Å². The largest absolute Gasteiger partial charge is 0.496 e. The van der Waals surface area contributed by atoms with Gasteiger partial charge in [0, 0.05) is 24.3 Å². The lowest BCUT2D eigenvalue weighted by Crippen LogP contribution is -2.26. The maximum Gasteiger partial charge on any atom is 0.251 e. The SMILES string of the molecule is CNC(=O)c1ccc(/C=C/C(=O)NC(C#N)c2ccccc2OC)cc1. The summed E-state index contributed by atoms with van der Waals surface area (Å²) in [6.07, 6.45) is 2.95. The fourth-order valence-electron chi connectivity index (χ4n) is 2.34. The van der Waals surface area contributed by atoms with Crippen LogP contribution in [0.1, 0.15) is 27.5 Å². The minimum absolute atomic E-state index is 0.174. The quantitative estimate of drug-likeness (QED) is 0.784. The van der Waals surface area contributed by atoms with Crippen molar-refractivity contribution in [3.05, 3.63) is 71.3 Å². The first-order valence-corrected chi connectivity index (χ1v) is 7.92. The van der Waals surface area contributed by atoms with Crippen molar-refractivity contribution >= 4 is 17.9 Å². The van der Waals surface area contributed by atoms with Crippen LogP contribution in [-0.2, 0) is 4.79 Å². The molecule has 2 aromatic carbocycles. The first-order valence-electron chi connectivity index (χ1n) is 7.92. The zero-order valence-electron chi connectivity index (χ0n) is 14.5. The van der Waals surface area contributed by atoms with E-state index in [4.69, 9.17) is 4.74 Å². The van der Waals surface area contributed by atoms with Crippen LogP contribution in [-0.4, -0.2) is 26.0 Å². The van der Waals surface area contributed by atoms with Crippen LogP contribution in [0.3, 0.4) is 0 Å². The second-order valence-corrected chi connectivity index (χ2v) is 5.35. The Bertz CT molecular complexity index is 851. The molecule has 0 aromatic heterocycles. The molecule has 0 saturated carbocycles. The van der Waals surface area contributed by atoms with Gasteiger partial charge in [-0.05, 0) is 29.8 Å². The molecule has 6 heteroatoms. The number of nitrogens with one attached hydrogen (secondary N) is 2. The summed E-state index contributed by atoms with van der Waals surface area (Å²) in [4.78, 5) is 23.6. The highest BCUT2D eigenvalue weighted by Crippen LogP contribution is 2.24. The fourth-order valence-corrected chi connectivity index (χ4v) is 2.34. The van der Waals surface area contributed by atoms with Crippen LogP contribution in [0.15, 0.2) is 54.6 Å². The average Bonchev–Trinajstić information content (AvgIpc) is 2.70. The Hall–Kier alpha value is -3.59. The Kier molecular flexibility index (Phi) is 6.52. The van der Waals surface area contributed by atoms with Crippen molar-refractivity contribution in [2.24, 2.45) is 0 Å². The molecule has 6 nitrogen and oxygen atoms in total. The number of nitriles is 1. The molecular weight excluding hydrogens is 330 g/mol. The van der Waals surface area contributed by atoms with Crippen molar-refractivity contribution in [3.63, 3.8) is 0 Å². The normalized spacial score (nSPS) is 11.4.